The Bertz CT molecular complexity index is 208. The van der Waals surface area contributed by atoms with Gasteiger partial charge in [-0.15, -0.1) is 0 Å². The Labute approximate surface area is 111 Å². The maximum Gasteiger partial charge on any atom is 0.300 e. The van der Waals surface area contributed by atoms with Gasteiger partial charge in [0, 0.05) is 33.8 Å². The lowest BCUT2D eigenvalue weighted by atomic mass is 10.2. The lowest BCUT2D eigenvalue weighted by Crippen LogP contribution is -2.46. The van der Waals surface area contributed by atoms with Crippen molar-refractivity contribution >= 4 is 17.9 Å². The zero-order valence-electron chi connectivity index (χ0n) is 11.6. The Kier molecular flexibility index (Phi) is 22.3. The summed E-state index contributed by atoms with van der Waals surface area (Å²) in [4.78, 5) is 27.0. The van der Waals surface area contributed by atoms with Crippen molar-refractivity contribution in [1.29, 1.82) is 0 Å². The molecule has 9 heteroatoms. The Morgan fingerprint density at radius 2 is 1.05 bits per heavy atom. The number of aliphatic carboxylic acids is 3. The summed E-state index contributed by atoms with van der Waals surface area (Å²) >= 11 is 0. The van der Waals surface area contributed by atoms with E-state index >= 15 is 0 Å². The highest BCUT2D eigenvalue weighted by Gasteiger charge is 2.07. The Balaban J connectivity index is -0.0000000825. The van der Waals surface area contributed by atoms with Crippen molar-refractivity contribution in [1.82, 2.24) is 0 Å². The Morgan fingerprint density at radius 3 is 1.05 bits per heavy atom. The highest BCUT2D eigenvalue weighted by Crippen LogP contribution is 1.91. The van der Waals surface area contributed by atoms with Crippen LogP contribution in [-0.4, -0.2) is 50.6 Å². The second kappa shape index (κ2) is 16.3. The molecule has 0 aromatic heterocycles. The van der Waals surface area contributed by atoms with Crippen LogP contribution in [0.15, 0.2) is 0 Å². The number of aliphatic hydroxyl groups is 1. The molecule has 0 bridgehead atoms. The van der Waals surface area contributed by atoms with Gasteiger partial charge in [-0.2, -0.15) is 0 Å². The van der Waals surface area contributed by atoms with Gasteiger partial charge in [0.2, 0.25) is 0 Å². The number of carbonyl (C=O) groups is 3. The molecule has 0 rings (SSSR count). The number of hydrogen-bond acceptors (Lipinski definition) is 6. The van der Waals surface area contributed by atoms with E-state index in [2.05, 4.69) is 0 Å². The van der Waals surface area contributed by atoms with Crippen LogP contribution in [0.4, 0.5) is 0 Å². The summed E-state index contributed by atoms with van der Waals surface area (Å²) in [5.74, 6) is -2.50. The Hall–Kier alpha value is -1.71. The van der Waals surface area contributed by atoms with Gasteiger partial charge in [-0.1, -0.05) is 0 Å². The number of hydrogen-bond donors (Lipinski definition) is 6. The molecule has 0 aromatic carbocycles. The third-order valence-electron chi connectivity index (χ3n) is 0.650. The maximum absolute atomic E-state index is 9.00. The summed E-state index contributed by atoms with van der Waals surface area (Å²) in [5, 5.41) is 30.5. The molecule has 0 unspecified atom stereocenters. The highest BCUT2D eigenvalue weighted by molar-refractivity contribution is 5.63. The van der Waals surface area contributed by atoms with Gasteiger partial charge in [0.15, 0.2) is 0 Å². The first-order valence-corrected chi connectivity index (χ1v) is 5.03. The van der Waals surface area contributed by atoms with E-state index in [0.29, 0.717) is 6.42 Å². The molecule has 0 radical (unpaired) electrons. The summed E-state index contributed by atoms with van der Waals surface area (Å²) in [7, 11) is 0. The van der Waals surface area contributed by atoms with Gasteiger partial charge in [-0.3, -0.25) is 14.4 Å². The fourth-order valence-electron chi connectivity index (χ4n) is 0.241. The van der Waals surface area contributed by atoms with E-state index in [-0.39, 0.29) is 6.61 Å². The Morgan fingerprint density at radius 1 is 0.895 bits per heavy atom. The zero-order chi connectivity index (χ0) is 16.6. The molecule has 116 valence electrons. The molecular weight excluding hydrogens is 260 g/mol. The first-order chi connectivity index (χ1) is 8.26. The van der Waals surface area contributed by atoms with E-state index in [1.807, 2.05) is 0 Å². The summed E-state index contributed by atoms with van der Waals surface area (Å²) in [5.41, 5.74) is 9.83. The van der Waals surface area contributed by atoms with E-state index in [4.69, 9.17) is 46.3 Å². The van der Waals surface area contributed by atoms with Gasteiger partial charge in [0.05, 0.1) is 5.66 Å². The van der Waals surface area contributed by atoms with Crippen molar-refractivity contribution in [3.63, 3.8) is 0 Å². The van der Waals surface area contributed by atoms with E-state index in [0.717, 1.165) is 20.8 Å². The first-order valence-electron chi connectivity index (χ1n) is 5.03. The maximum atomic E-state index is 9.00. The molecular formula is C10H24N2O7. The molecule has 0 atom stereocenters. The number of rotatable bonds is 2. The van der Waals surface area contributed by atoms with Crippen LogP contribution in [0.5, 0.6) is 0 Å². The second-order valence-corrected chi connectivity index (χ2v) is 3.54. The SMILES string of the molecule is CC(=O)O.CC(=O)O.CC(=O)O.CC(N)(N)CCO. The number of aliphatic hydroxyl groups excluding tert-OH is 1. The number of nitrogens with two attached hydrogens (primary N) is 2. The zero-order valence-corrected chi connectivity index (χ0v) is 11.6. The van der Waals surface area contributed by atoms with Crippen LogP contribution in [0.1, 0.15) is 34.1 Å². The van der Waals surface area contributed by atoms with E-state index in [9.17, 15) is 0 Å². The van der Waals surface area contributed by atoms with Crippen LogP contribution < -0.4 is 11.5 Å². The van der Waals surface area contributed by atoms with Crippen molar-refractivity contribution in [2.24, 2.45) is 11.5 Å². The molecule has 19 heavy (non-hydrogen) atoms. The lowest BCUT2D eigenvalue weighted by Gasteiger charge is -2.15. The van der Waals surface area contributed by atoms with Gasteiger partial charge in [-0.25, -0.2) is 0 Å². The number of carboxylic acid groups (broad SMARTS) is 3. The molecule has 0 aliphatic carbocycles. The molecule has 0 heterocycles. The van der Waals surface area contributed by atoms with Crippen LogP contribution in [0.25, 0.3) is 0 Å². The number of carboxylic acids is 3. The van der Waals surface area contributed by atoms with E-state index < -0.39 is 23.6 Å². The first kappa shape index (κ1) is 26.0. The smallest absolute Gasteiger partial charge is 0.300 e. The quantitative estimate of drug-likeness (QED) is 0.356. The monoisotopic (exact) mass is 284 g/mol. The fraction of sp³-hybridized carbons (Fsp3) is 0.700. The molecule has 0 aliphatic rings. The minimum absolute atomic E-state index is 0.0590. The van der Waals surface area contributed by atoms with Crippen LogP contribution in [0.2, 0.25) is 0 Å². The standard InChI is InChI=1S/C4H12N2O.3C2H4O2/c1-4(5,6)2-3-7;3*1-2(3)4/h7H,2-3,5-6H2,1H3;3*1H3,(H,3,4). The molecule has 0 fully saturated rings. The van der Waals surface area contributed by atoms with Crippen molar-refractivity contribution in [3.8, 4) is 0 Å². The van der Waals surface area contributed by atoms with Crippen LogP contribution >= 0.6 is 0 Å². The van der Waals surface area contributed by atoms with Gasteiger partial charge in [-0.05, 0) is 6.92 Å². The summed E-state index contributed by atoms with van der Waals surface area (Å²) in [6, 6.07) is 0. The molecule has 0 aliphatic heterocycles. The average molecular weight is 284 g/mol. The predicted octanol–water partition coefficient (Wildman–Crippen LogP) is -0.725. The third-order valence-corrected chi connectivity index (χ3v) is 0.650. The van der Waals surface area contributed by atoms with Crippen molar-refractivity contribution < 1.29 is 34.8 Å². The normalized spacial score (nSPS) is 8.37. The second-order valence-electron chi connectivity index (χ2n) is 3.54. The minimum Gasteiger partial charge on any atom is -0.481 e. The molecule has 0 spiro atoms. The predicted molar refractivity (Wildman–Crippen MR) is 68.4 cm³/mol. The molecule has 9 nitrogen and oxygen atoms in total. The van der Waals surface area contributed by atoms with Gasteiger partial charge in [0.25, 0.3) is 17.9 Å². The van der Waals surface area contributed by atoms with Crippen molar-refractivity contribution in [3.05, 3.63) is 0 Å². The van der Waals surface area contributed by atoms with Crippen molar-refractivity contribution in [2.45, 2.75) is 39.8 Å². The van der Waals surface area contributed by atoms with E-state index in [1.54, 1.807) is 6.92 Å². The summed E-state index contributed by atoms with van der Waals surface area (Å²) in [6.07, 6.45) is 0.451. The summed E-state index contributed by atoms with van der Waals surface area (Å²) < 4.78 is 0. The fourth-order valence-corrected chi connectivity index (χ4v) is 0.241. The van der Waals surface area contributed by atoms with Crippen molar-refractivity contribution in [2.75, 3.05) is 6.61 Å². The molecule has 0 amide bonds. The highest BCUT2D eigenvalue weighted by atomic mass is 16.4. The summed E-state index contributed by atoms with van der Waals surface area (Å²) in [6.45, 7) is 4.98. The van der Waals surface area contributed by atoms with Gasteiger partial charge >= 0.3 is 0 Å². The molecule has 8 N–H and O–H groups in total. The van der Waals surface area contributed by atoms with Crippen LogP contribution in [0, 0.1) is 0 Å². The van der Waals surface area contributed by atoms with Gasteiger partial charge < -0.3 is 31.9 Å². The average Bonchev–Trinajstić information content (AvgIpc) is 1.96. The minimum atomic E-state index is -0.833. The van der Waals surface area contributed by atoms with Gasteiger partial charge in [0.1, 0.15) is 0 Å². The molecule has 0 saturated carbocycles. The van der Waals surface area contributed by atoms with E-state index in [1.165, 1.54) is 0 Å². The van der Waals surface area contributed by atoms with Crippen LogP contribution in [0.3, 0.4) is 0 Å². The topological polar surface area (TPSA) is 184 Å². The largest absolute Gasteiger partial charge is 0.481 e. The third kappa shape index (κ3) is 634. The van der Waals surface area contributed by atoms with Crippen LogP contribution in [-0.2, 0) is 14.4 Å². The molecule has 0 aromatic rings. The lowest BCUT2D eigenvalue weighted by molar-refractivity contribution is -0.135. The molecule has 0 saturated heterocycles.